The first-order valence-electron chi connectivity index (χ1n) is 9.85. The fraction of sp³-hybridized carbons (Fsp3) is 0.364. The maximum atomic E-state index is 12.3. The van der Waals surface area contributed by atoms with E-state index in [9.17, 15) is 9.59 Å². The van der Waals surface area contributed by atoms with Crippen LogP contribution in [0, 0.1) is 0 Å². The molecule has 0 radical (unpaired) electrons. The van der Waals surface area contributed by atoms with Crippen molar-refractivity contribution in [2.45, 2.75) is 37.8 Å². The molecule has 0 spiro atoms. The van der Waals surface area contributed by atoms with Crippen LogP contribution >= 0.6 is 23.2 Å². The summed E-state index contributed by atoms with van der Waals surface area (Å²) in [5.41, 5.74) is 0. The number of hydrogen-bond donors (Lipinski definition) is 2. The SMILES string of the molecule is O=C(COc1ccc(Cl)cc1)N[C@@H]1CCCC[C@H]1NC(=O)COc1ccc(Cl)cc1. The summed E-state index contributed by atoms with van der Waals surface area (Å²) in [6.07, 6.45) is 3.60. The van der Waals surface area contributed by atoms with E-state index >= 15 is 0 Å². The Morgan fingerprint density at radius 3 is 1.47 bits per heavy atom. The van der Waals surface area contributed by atoms with E-state index < -0.39 is 0 Å². The van der Waals surface area contributed by atoms with Crippen molar-refractivity contribution in [2.75, 3.05) is 13.2 Å². The molecule has 1 aliphatic rings. The van der Waals surface area contributed by atoms with E-state index in [0.29, 0.717) is 21.5 Å². The van der Waals surface area contributed by atoms with Crippen LogP contribution in [0.2, 0.25) is 10.0 Å². The van der Waals surface area contributed by atoms with Gasteiger partial charge in [-0.15, -0.1) is 0 Å². The third kappa shape index (κ3) is 7.11. The summed E-state index contributed by atoms with van der Waals surface area (Å²) in [6.45, 7) is -0.197. The Balaban J connectivity index is 1.45. The highest BCUT2D eigenvalue weighted by Crippen LogP contribution is 2.20. The predicted molar refractivity (Wildman–Crippen MR) is 116 cm³/mol. The molecule has 0 aromatic heterocycles. The zero-order valence-corrected chi connectivity index (χ0v) is 17.9. The van der Waals surface area contributed by atoms with Crippen molar-refractivity contribution in [2.24, 2.45) is 0 Å². The Bertz CT molecular complexity index is 772. The van der Waals surface area contributed by atoms with Gasteiger partial charge in [-0.05, 0) is 61.4 Å². The molecular formula is C22H24Cl2N2O4. The number of halogens is 2. The number of carbonyl (C=O) groups excluding carboxylic acids is 2. The minimum atomic E-state index is -0.228. The summed E-state index contributed by atoms with van der Waals surface area (Å²) >= 11 is 11.7. The molecule has 0 bridgehead atoms. The largest absolute Gasteiger partial charge is 0.484 e. The van der Waals surface area contributed by atoms with Crippen molar-refractivity contribution in [3.05, 3.63) is 58.6 Å². The Morgan fingerprint density at radius 2 is 1.10 bits per heavy atom. The lowest BCUT2D eigenvalue weighted by atomic mass is 9.90. The normalized spacial score (nSPS) is 18.3. The Kier molecular flexibility index (Phi) is 8.22. The van der Waals surface area contributed by atoms with Crippen molar-refractivity contribution < 1.29 is 19.1 Å². The van der Waals surface area contributed by atoms with E-state index in [-0.39, 0.29) is 37.1 Å². The lowest BCUT2D eigenvalue weighted by molar-refractivity contribution is -0.127. The summed E-state index contributed by atoms with van der Waals surface area (Å²) in [5, 5.41) is 7.16. The number of carbonyl (C=O) groups is 2. The first-order valence-corrected chi connectivity index (χ1v) is 10.6. The van der Waals surface area contributed by atoms with Crippen LogP contribution in [0.5, 0.6) is 11.5 Å². The average Bonchev–Trinajstić information content (AvgIpc) is 2.74. The van der Waals surface area contributed by atoms with Crippen LogP contribution in [0.1, 0.15) is 25.7 Å². The van der Waals surface area contributed by atoms with Gasteiger partial charge in [0, 0.05) is 22.1 Å². The highest BCUT2D eigenvalue weighted by Gasteiger charge is 2.28. The fourth-order valence-corrected chi connectivity index (χ4v) is 3.58. The van der Waals surface area contributed by atoms with Gasteiger partial charge in [-0.25, -0.2) is 0 Å². The molecule has 0 aliphatic heterocycles. The molecule has 1 fully saturated rings. The number of amides is 2. The van der Waals surface area contributed by atoms with E-state index in [4.69, 9.17) is 32.7 Å². The lowest BCUT2D eigenvalue weighted by Gasteiger charge is -2.32. The van der Waals surface area contributed by atoms with E-state index in [1.54, 1.807) is 48.5 Å². The zero-order chi connectivity index (χ0) is 21.3. The molecule has 2 aromatic carbocycles. The highest BCUT2D eigenvalue weighted by molar-refractivity contribution is 6.30. The maximum absolute atomic E-state index is 12.3. The molecule has 2 amide bonds. The van der Waals surface area contributed by atoms with Crippen LogP contribution in [0.25, 0.3) is 0 Å². The molecule has 160 valence electrons. The molecular weight excluding hydrogens is 427 g/mol. The highest BCUT2D eigenvalue weighted by atomic mass is 35.5. The standard InChI is InChI=1S/C22H24Cl2N2O4/c23-15-5-9-17(10-6-15)29-13-21(27)25-19-3-1-2-4-20(19)26-22(28)14-30-18-11-7-16(24)8-12-18/h5-12,19-20H,1-4,13-14H2,(H,25,27)(H,26,28)/t19-,20-/m1/s1. The molecule has 0 saturated heterocycles. The first kappa shape index (κ1) is 22.2. The molecule has 8 heteroatoms. The van der Waals surface area contributed by atoms with Gasteiger partial charge in [0.15, 0.2) is 13.2 Å². The first-order chi connectivity index (χ1) is 14.5. The van der Waals surface area contributed by atoms with Crippen molar-refractivity contribution in [1.29, 1.82) is 0 Å². The number of benzene rings is 2. The molecule has 2 aromatic rings. The van der Waals surface area contributed by atoms with Gasteiger partial charge in [0.05, 0.1) is 0 Å². The minimum absolute atomic E-state index is 0.0987. The minimum Gasteiger partial charge on any atom is -0.484 e. The summed E-state index contributed by atoms with van der Waals surface area (Å²) in [4.78, 5) is 24.6. The number of hydrogen-bond acceptors (Lipinski definition) is 4. The van der Waals surface area contributed by atoms with Gasteiger partial charge in [-0.3, -0.25) is 9.59 Å². The Labute approximate surface area is 185 Å². The van der Waals surface area contributed by atoms with Gasteiger partial charge in [0.2, 0.25) is 0 Å². The molecule has 3 rings (SSSR count). The summed E-state index contributed by atoms with van der Waals surface area (Å²) in [5.74, 6) is 0.687. The quantitative estimate of drug-likeness (QED) is 0.637. The zero-order valence-electron chi connectivity index (χ0n) is 16.4. The van der Waals surface area contributed by atoms with Gasteiger partial charge in [-0.2, -0.15) is 0 Å². The molecule has 0 unspecified atom stereocenters. The summed E-state index contributed by atoms with van der Waals surface area (Å²) in [7, 11) is 0. The fourth-order valence-electron chi connectivity index (χ4n) is 3.33. The van der Waals surface area contributed by atoms with Gasteiger partial charge < -0.3 is 20.1 Å². The van der Waals surface area contributed by atoms with E-state index in [0.717, 1.165) is 25.7 Å². The molecule has 30 heavy (non-hydrogen) atoms. The molecule has 1 saturated carbocycles. The smallest absolute Gasteiger partial charge is 0.258 e. The van der Waals surface area contributed by atoms with Crippen LogP contribution < -0.4 is 20.1 Å². The van der Waals surface area contributed by atoms with Crippen LogP contribution in [0.15, 0.2) is 48.5 Å². The van der Waals surface area contributed by atoms with Crippen molar-refractivity contribution in [3.63, 3.8) is 0 Å². The molecule has 1 aliphatic carbocycles. The Hall–Kier alpha value is -2.44. The van der Waals surface area contributed by atoms with Gasteiger partial charge in [-0.1, -0.05) is 36.0 Å². The van der Waals surface area contributed by atoms with Gasteiger partial charge in [0.25, 0.3) is 11.8 Å². The van der Waals surface area contributed by atoms with Crippen LogP contribution in [0.4, 0.5) is 0 Å². The summed E-state index contributed by atoms with van der Waals surface area (Å²) < 4.78 is 11.0. The van der Waals surface area contributed by atoms with Gasteiger partial charge >= 0.3 is 0 Å². The second kappa shape index (κ2) is 11.1. The lowest BCUT2D eigenvalue weighted by Crippen LogP contribution is -2.54. The van der Waals surface area contributed by atoms with Crippen LogP contribution in [0.3, 0.4) is 0 Å². The number of ether oxygens (including phenoxy) is 2. The van der Waals surface area contributed by atoms with Crippen molar-refractivity contribution >= 4 is 35.0 Å². The molecule has 2 N–H and O–H groups in total. The van der Waals surface area contributed by atoms with Crippen molar-refractivity contribution in [1.82, 2.24) is 10.6 Å². The van der Waals surface area contributed by atoms with E-state index in [1.807, 2.05) is 0 Å². The van der Waals surface area contributed by atoms with E-state index in [2.05, 4.69) is 10.6 Å². The van der Waals surface area contributed by atoms with Gasteiger partial charge in [0.1, 0.15) is 11.5 Å². The number of rotatable bonds is 8. The molecule has 6 nitrogen and oxygen atoms in total. The number of nitrogens with one attached hydrogen (secondary N) is 2. The third-order valence-corrected chi connectivity index (χ3v) is 5.33. The summed E-state index contributed by atoms with van der Waals surface area (Å²) in [6, 6.07) is 13.4. The van der Waals surface area contributed by atoms with Crippen LogP contribution in [-0.4, -0.2) is 37.1 Å². The second-order valence-corrected chi connectivity index (χ2v) is 7.99. The predicted octanol–water partition coefficient (Wildman–Crippen LogP) is 3.99. The monoisotopic (exact) mass is 450 g/mol. The molecule has 2 atom stereocenters. The van der Waals surface area contributed by atoms with Crippen LogP contribution in [-0.2, 0) is 9.59 Å². The van der Waals surface area contributed by atoms with E-state index in [1.165, 1.54) is 0 Å². The second-order valence-electron chi connectivity index (χ2n) is 7.12. The maximum Gasteiger partial charge on any atom is 0.258 e. The average molecular weight is 451 g/mol. The van der Waals surface area contributed by atoms with Crippen molar-refractivity contribution in [3.8, 4) is 11.5 Å². The topological polar surface area (TPSA) is 76.7 Å². The Morgan fingerprint density at radius 1 is 0.733 bits per heavy atom. The third-order valence-electron chi connectivity index (χ3n) is 4.83. The molecule has 0 heterocycles.